The molecule has 9 heteroatoms. The molecule has 0 atom stereocenters. The van der Waals surface area contributed by atoms with Gasteiger partial charge in [-0.05, 0) is 24.6 Å². The summed E-state index contributed by atoms with van der Waals surface area (Å²) >= 11 is 1.58. The molecule has 2 aromatic rings. The lowest BCUT2D eigenvalue weighted by atomic mass is 10.1. The van der Waals surface area contributed by atoms with E-state index in [2.05, 4.69) is 20.6 Å². The van der Waals surface area contributed by atoms with Crippen molar-refractivity contribution in [2.75, 3.05) is 20.7 Å². The Balaban J connectivity index is 1.95. The average molecular weight is 386 g/mol. The van der Waals surface area contributed by atoms with Crippen molar-refractivity contribution in [1.29, 1.82) is 0 Å². The topological polar surface area (TPSA) is 58.5 Å². The third-order valence-electron chi connectivity index (χ3n) is 3.63. The quantitative estimate of drug-likeness (QED) is 0.590. The number of guanidine groups is 1. The number of aliphatic imine (C=N–C) groups is 1. The van der Waals surface area contributed by atoms with E-state index in [1.165, 1.54) is 19.2 Å². The first kappa shape index (κ1) is 20.0. The maximum atomic E-state index is 13.2. The summed E-state index contributed by atoms with van der Waals surface area (Å²) in [6.45, 7) is 2.51. The predicted octanol–water partition coefficient (Wildman–Crippen LogP) is 3.39. The Labute approximate surface area is 154 Å². The first-order chi connectivity index (χ1) is 12.3. The lowest BCUT2D eigenvalue weighted by molar-refractivity contribution is -0.138. The molecule has 1 aromatic carbocycles. The highest BCUT2D eigenvalue weighted by Gasteiger charge is 2.33. The fraction of sp³-hybridized carbons (Fsp3) is 0.412. The molecule has 0 spiro atoms. The summed E-state index contributed by atoms with van der Waals surface area (Å²) in [5, 5.41) is 8.97. The SMILES string of the molecule is CN=C(NCCc1csc(C)n1)NCc1ccc(OC)cc1C(F)(F)F. The van der Waals surface area contributed by atoms with Crippen molar-refractivity contribution in [3.05, 3.63) is 45.4 Å². The van der Waals surface area contributed by atoms with E-state index in [9.17, 15) is 13.2 Å². The lowest BCUT2D eigenvalue weighted by Crippen LogP contribution is -2.38. The molecule has 26 heavy (non-hydrogen) atoms. The van der Waals surface area contributed by atoms with Gasteiger partial charge in [-0.15, -0.1) is 11.3 Å². The summed E-state index contributed by atoms with van der Waals surface area (Å²) in [5.74, 6) is 0.600. The van der Waals surface area contributed by atoms with Crippen molar-refractivity contribution in [1.82, 2.24) is 15.6 Å². The van der Waals surface area contributed by atoms with Crippen molar-refractivity contribution in [3.8, 4) is 5.75 Å². The molecule has 0 aliphatic rings. The normalized spacial score (nSPS) is 12.2. The largest absolute Gasteiger partial charge is 0.497 e. The molecule has 142 valence electrons. The monoisotopic (exact) mass is 386 g/mol. The van der Waals surface area contributed by atoms with Crippen LogP contribution in [-0.4, -0.2) is 31.6 Å². The first-order valence-corrected chi connectivity index (χ1v) is 8.81. The van der Waals surface area contributed by atoms with Crippen molar-refractivity contribution < 1.29 is 17.9 Å². The maximum Gasteiger partial charge on any atom is 0.416 e. The van der Waals surface area contributed by atoms with Crippen LogP contribution in [-0.2, 0) is 19.1 Å². The van der Waals surface area contributed by atoms with E-state index in [4.69, 9.17) is 4.74 Å². The molecule has 0 amide bonds. The number of ether oxygens (including phenoxy) is 1. The molecular weight excluding hydrogens is 365 g/mol. The smallest absolute Gasteiger partial charge is 0.416 e. The molecule has 5 nitrogen and oxygen atoms in total. The number of benzene rings is 1. The number of halogens is 3. The first-order valence-electron chi connectivity index (χ1n) is 7.93. The van der Waals surface area contributed by atoms with Gasteiger partial charge in [0, 0.05) is 31.9 Å². The number of nitrogens with one attached hydrogen (secondary N) is 2. The van der Waals surface area contributed by atoms with Crippen LogP contribution in [0.5, 0.6) is 5.75 Å². The second kappa shape index (κ2) is 8.88. The highest BCUT2D eigenvalue weighted by molar-refractivity contribution is 7.09. The van der Waals surface area contributed by atoms with E-state index in [-0.39, 0.29) is 17.9 Å². The zero-order valence-corrected chi connectivity index (χ0v) is 15.6. The molecule has 0 unspecified atom stereocenters. The van der Waals surface area contributed by atoms with E-state index in [1.54, 1.807) is 18.4 Å². The lowest BCUT2D eigenvalue weighted by Gasteiger charge is -2.16. The summed E-state index contributed by atoms with van der Waals surface area (Å²) in [6.07, 6.45) is -3.74. The van der Waals surface area contributed by atoms with Gasteiger partial charge in [0.2, 0.25) is 0 Å². The minimum atomic E-state index is -4.45. The van der Waals surface area contributed by atoms with Gasteiger partial charge in [0.15, 0.2) is 5.96 Å². The van der Waals surface area contributed by atoms with Crippen LogP contribution in [0.1, 0.15) is 21.8 Å². The van der Waals surface area contributed by atoms with Crippen molar-refractivity contribution in [2.24, 2.45) is 4.99 Å². The Morgan fingerprint density at radius 3 is 2.65 bits per heavy atom. The second-order valence-electron chi connectivity index (χ2n) is 5.48. The number of aryl methyl sites for hydroxylation is 1. The van der Waals surface area contributed by atoms with Crippen LogP contribution in [0.3, 0.4) is 0 Å². The molecule has 2 N–H and O–H groups in total. The highest BCUT2D eigenvalue weighted by Crippen LogP contribution is 2.34. The number of hydrogen-bond acceptors (Lipinski definition) is 4. The summed E-state index contributed by atoms with van der Waals surface area (Å²) in [7, 11) is 2.91. The Morgan fingerprint density at radius 2 is 2.08 bits per heavy atom. The molecule has 2 rings (SSSR count). The molecule has 0 saturated carbocycles. The van der Waals surface area contributed by atoms with E-state index >= 15 is 0 Å². The Hall–Kier alpha value is -2.29. The molecule has 0 bridgehead atoms. The Morgan fingerprint density at radius 1 is 1.31 bits per heavy atom. The number of alkyl halides is 3. The summed E-state index contributed by atoms with van der Waals surface area (Å²) in [5.41, 5.74) is 0.374. The van der Waals surface area contributed by atoms with Crippen LogP contribution in [0.15, 0.2) is 28.6 Å². The highest BCUT2D eigenvalue weighted by atomic mass is 32.1. The van der Waals surface area contributed by atoms with E-state index in [0.29, 0.717) is 18.9 Å². The molecule has 0 fully saturated rings. The molecular formula is C17H21F3N4OS. The van der Waals surface area contributed by atoms with Gasteiger partial charge in [-0.1, -0.05) is 6.07 Å². The van der Waals surface area contributed by atoms with Crippen LogP contribution in [0.2, 0.25) is 0 Å². The van der Waals surface area contributed by atoms with Gasteiger partial charge in [-0.2, -0.15) is 13.2 Å². The number of rotatable bonds is 6. The van der Waals surface area contributed by atoms with E-state index in [0.717, 1.165) is 16.8 Å². The minimum Gasteiger partial charge on any atom is -0.497 e. The molecule has 0 aliphatic heterocycles. The Kier molecular flexibility index (Phi) is 6.84. The fourth-order valence-corrected chi connectivity index (χ4v) is 2.98. The van der Waals surface area contributed by atoms with Crippen molar-refractivity contribution >= 4 is 17.3 Å². The third kappa shape index (κ3) is 5.62. The van der Waals surface area contributed by atoms with Crippen LogP contribution < -0.4 is 15.4 Å². The van der Waals surface area contributed by atoms with Crippen LogP contribution in [0.4, 0.5) is 13.2 Å². The fourth-order valence-electron chi connectivity index (χ4n) is 2.33. The van der Waals surface area contributed by atoms with E-state index in [1.807, 2.05) is 12.3 Å². The van der Waals surface area contributed by atoms with Gasteiger partial charge < -0.3 is 15.4 Å². The predicted molar refractivity (Wildman–Crippen MR) is 96.8 cm³/mol. The molecule has 0 saturated heterocycles. The van der Waals surface area contributed by atoms with Gasteiger partial charge >= 0.3 is 6.18 Å². The number of aromatic nitrogens is 1. The number of thiazole rings is 1. The standard InChI is InChI=1S/C17H21F3N4OS/c1-11-24-13(10-26-11)6-7-22-16(21-2)23-9-12-4-5-14(25-3)8-15(12)17(18,19)20/h4-5,8,10H,6-7,9H2,1-3H3,(H2,21,22,23). The molecule has 1 heterocycles. The summed E-state index contributed by atoms with van der Waals surface area (Å²) < 4.78 is 44.6. The number of hydrogen-bond donors (Lipinski definition) is 2. The van der Waals surface area contributed by atoms with Crippen molar-refractivity contribution in [2.45, 2.75) is 26.1 Å². The second-order valence-corrected chi connectivity index (χ2v) is 6.54. The van der Waals surface area contributed by atoms with E-state index < -0.39 is 11.7 Å². The molecule has 1 aromatic heterocycles. The van der Waals surface area contributed by atoms with Crippen LogP contribution >= 0.6 is 11.3 Å². The summed E-state index contributed by atoms with van der Waals surface area (Å²) in [4.78, 5) is 8.40. The van der Waals surface area contributed by atoms with Gasteiger partial charge in [0.25, 0.3) is 0 Å². The number of methoxy groups -OCH3 is 1. The van der Waals surface area contributed by atoms with Crippen LogP contribution in [0, 0.1) is 6.92 Å². The Bertz CT molecular complexity index is 759. The average Bonchev–Trinajstić information content (AvgIpc) is 3.02. The maximum absolute atomic E-state index is 13.2. The van der Waals surface area contributed by atoms with Gasteiger partial charge in [0.05, 0.1) is 23.4 Å². The zero-order chi connectivity index (χ0) is 19.2. The van der Waals surface area contributed by atoms with Crippen LogP contribution in [0.25, 0.3) is 0 Å². The number of nitrogens with zero attached hydrogens (tertiary/aromatic N) is 2. The zero-order valence-electron chi connectivity index (χ0n) is 14.8. The van der Waals surface area contributed by atoms with Crippen molar-refractivity contribution in [3.63, 3.8) is 0 Å². The van der Waals surface area contributed by atoms with Gasteiger partial charge in [-0.3, -0.25) is 4.99 Å². The van der Waals surface area contributed by atoms with Gasteiger partial charge in [-0.25, -0.2) is 4.98 Å². The minimum absolute atomic E-state index is 0.00563. The third-order valence-corrected chi connectivity index (χ3v) is 4.45. The van der Waals surface area contributed by atoms with Gasteiger partial charge in [0.1, 0.15) is 5.75 Å². The molecule has 0 aliphatic carbocycles. The summed E-state index contributed by atoms with van der Waals surface area (Å²) in [6, 6.07) is 3.91. The molecule has 0 radical (unpaired) electrons.